The number of esters is 1. The van der Waals surface area contributed by atoms with Gasteiger partial charge < -0.3 is 9.30 Å². The summed E-state index contributed by atoms with van der Waals surface area (Å²) in [6, 6.07) is 4.02. The van der Waals surface area contributed by atoms with Gasteiger partial charge in [-0.1, -0.05) is 6.07 Å². The molecule has 29 heavy (non-hydrogen) atoms. The quantitative estimate of drug-likeness (QED) is 0.669. The van der Waals surface area contributed by atoms with Gasteiger partial charge in [-0.15, -0.1) is 0 Å². The lowest BCUT2D eigenvalue weighted by Crippen LogP contribution is -2.47. The Hall–Kier alpha value is -2.58. The van der Waals surface area contributed by atoms with Crippen LogP contribution in [0.1, 0.15) is 29.2 Å². The number of carbonyl (C=O) groups is 1. The van der Waals surface area contributed by atoms with Crippen molar-refractivity contribution in [2.24, 2.45) is 5.92 Å². The van der Waals surface area contributed by atoms with Gasteiger partial charge >= 0.3 is 5.97 Å². The molecular formula is C21H27N5O3. The number of piperidine rings is 1. The molecular weight excluding hydrogens is 370 g/mol. The number of aromatic nitrogens is 3. The van der Waals surface area contributed by atoms with E-state index in [1.165, 1.54) is 7.11 Å². The average Bonchev–Trinajstić information content (AvgIpc) is 2.71. The topological polar surface area (TPSA) is 80.6 Å². The molecule has 4 rings (SSSR count). The largest absolute Gasteiger partial charge is 0.468 e. The molecule has 2 aliphatic heterocycles. The Morgan fingerprint density at radius 2 is 2.03 bits per heavy atom. The standard InChI is InChI=1S/C21H27N5O3/c1-24(13-20(27)29-2)11-17-3-4-19-18-5-15(10-26(19)21(17)28)8-25(12-18)9-16-6-22-14-23-7-16/h3-4,6-7,14-15,18H,5,8-13H2,1-2H3/t15-,18+/m0/s1. The summed E-state index contributed by atoms with van der Waals surface area (Å²) >= 11 is 0. The van der Waals surface area contributed by atoms with Crippen LogP contribution in [0.25, 0.3) is 0 Å². The van der Waals surface area contributed by atoms with Crippen molar-refractivity contribution in [3.05, 3.63) is 58.0 Å². The first-order valence-corrected chi connectivity index (χ1v) is 9.97. The first-order valence-electron chi connectivity index (χ1n) is 9.97. The summed E-state index contributed by atoms with van der Waals surface area (Å²) in [4.78, 5) is 37.0. The minimum Gasteiger partial charge on any atom is -0.468 e. The molecule has 2 bridgehead atoms. The summed E-state index contributed by atoms with van der Waals surface area (Å²) in [5.74, 6) is 0.525. The maximum Gasteiger partial charge on any atom is 0.319 e. The van der Waals surface area contributed by atoms with Gasteiger partial charge in [0.15, 0.2) is 0 Å². The minimum absolute atomic E-state index is 0.0684. The van der Waals surface area contributed by atoms with Gasteiger partial charge in [-0.3, -0.25) is 19.4 Å². The molecule has 2 atom stereocenters. The van der Waals surface area contributed by atoms with Crippen molar-refractivity contribution in [2.75, 3.05) is 33.8 Å². The van der Waals surface area contributed by atoms with Gasteiger partial charge in [-0.2, -0.15) is 0 Å². The van der Waals surface area contributed by atoms with Crippen molar-refractivity contribution in [3.8, 4) is 0 Å². The van der Waals surface area contributed by atoms with Gasteiger partial charge in [0.25, 0.3) is 5.56 Å². The summed E-state index contributed by atoms with van der Waals surface area (Å²) in [7, 11) is 3.19. The zero-order chi connectivity index (χ0) is 20.4. The second kappa shape index (κ2) is 8.42. The molecule has 154 valence electrons. The molecule has 0 saturated carbocycles. The molecule has 4 heterocycles. The Kier molecular flexibility index (Phi) is 5.73. The third-order valence-electron chi connectivity index (χ3n) is 5.85. The van der Waals surface area contributed by atoms with Gasteiger partial charge in [0, 0.05) is 67.9 Å². The number of likely N-dealkylation sites (N-methyl/N-ethyl adjacent to an activating group) is 1. The van der Waals surface area contributed by atoms with E-state index in [1.54, 1.807) is 6.33 Å². The molecule has 0 radical (unpaired) electrons. The molecule has 2 aliphatic rings. The Balaban J connectivity index is 1.49. The van der Waals surface area contributed by atoms with E-state index in [0.717, 1.165) is 49.4 Å². The van der Waals surface area contributed by atoms with Crippen LogP contribution in [0, 0.1) is 5.92 Å². The van der Waals surface area contributed by atoms with Crippen molar-refractivity contribution < 1.29 is 9.53 Å². The van der Waals surface area contributed by atoms with Crippen LogP contribution in [0.2, 0.25) is 0 Å². The van der Waals surface area contributed by atoms with Gasteiger partial charge in [0.2, 0.25) is 0 Å². The molecule has 0 aliphatic carbocycles. The van der Waals surface area contributed by atoms with E-state index in [-0.39, 0.29) is 18.1 Å². The smallest absolute Gasteiger partial charge is 0.319 e. The average molecular weight is 397 g/mol. The minimum atomic E-state index is -0.302. The number of hydrogen-bond donors (Lipinski definition) is 0. The van der Waals surface area contributed by atoms with Crippen molar-refractivity contribution >= 4 is 5.97 Å². The molecule has 2 aromatic heterocycles. The number of nitrogens with zero attached hydrogens (tertiary/aromatic N) is 5. The number of ether oxygens (including phenoxy) is 1. The number of fused-ring (bicyclic) bond motifs is 4. The number of hydrogen-bond acceptors (Lipinski definition) is 7. The monoisotopic (exact) mass is 397 g/mol. The van der Waals surface area contributed by atoms with E-state index in [1.807, 2.05) is 35.0 Å². The number of carbonyl (C=O) groups excluding carboxylic acids is 1. The van der Waals surface area contributed by atoms with Crippen LogP contribution in [-0.2, 0) is 29.2 Å². The Morgan fingerprint density at radius 1 is 1.24 bits per heavy atom. The molecule has 2 aromatic rings. The molecule has 1 fully saturated rings. The molecule has 0 unspecified atom stereocenters. The first-order chi connectivity index (χ1) is 14.0. The lowest BCUT2D eigenvalue weighted by molar-refractivity contribution is -0.141. The van der Waals surface area contributed by atoms with Crippen LogP contribution in [0.3, 0.4) is 0 Å². The highest BCUT2D eigenvalue weighted by Crippen LogP contribution is 2.35. The predicted octanol–water partition coefficient (Wildman–Crippen LogP) is 0.862. The first kappa shape index (κ1) is 19.7. The highest BCUT2D eigenvalue weighted by molar-refractivity contribution is 5.71. The summed E-state index contributed by atoms with van der Waals surface area (Å²) in [6.07, 6.45) is 6.42. The van der Waals surface area contributed by atoms with Gasteiger partial charge in [0.1, 0.15) is 6.33 Å². The summed E-state index contributed by atoms with van der Waals surface area (Å²) in [5, 5.41) is 0. The molecule has 1 saturated heterocycles. The van der Waals surface area contributed by atoms with Crippen LogP contribution in [0.5, 0.6) is 0 Å². The number of methoxy groups -OCH3 is 1. The maximum absolute atomic E-state index is 13.1. The number of pyridine rings is 1. The zero-order valence-electron chi connectivity index (χ0n) is 17.0. The second-order valence-corrected chi connectivity index (χ2v) is 8.19. The lowest BCUT2D eigenvalue weighted by atomic mass is 9.83. The van der Waals surface area contributed by atoms with Crippen LogP contribution in [0.15, 0.2) is 35.6 Å². The summed E-state index contributed by atoms with van der Waals surface area (Å²) < 4.78 is 6.67. The zero-order valence-corrected chi connectivity index (χ0v) is 17.0. The molecule has 0 amide bonds. The predicted molar refractivity (Wildman–Crippen MR) is 107 cm³/mol. The van der Waals surface area contributed by atoms with E-state index in [0.29, 0.717) is 18.4 Å². The van der Waals surface area contributed by atoms with E-state index in [9.17, 15) is 9.59 Å². The van der Waals surface area contributed by atoms with Gasteiger partial charge in [-0.25, -0.2) is 9.97 Å². The molecule has 8 nitrogen and oxygen atoms in total. The third-order valence-corrected chi connectivity index (χ3v) is 5.85. The van der Waals surface area contributed by atoms with E-state index >= 15 is 0 Å². The van der Waals surface area contributed by atoms with E-state index < -0.39 is 0 Å². The number of likely N-dealkylation sites (tertiary alicyclic amines) is 1. The van der Waals surface area contributed by atoms with Gasteiger partial charge in [-0.05, 0) is 25.5 Å². The van der Waals surface area contributed by atoms with Crippen molar-refractivity contribution in [3.63, 3.8) is 0 Å². The molecule has 0 spiro atoms. The normalized spacial score (nSPS) is 21.1. The second-order valence-electron chi connectivity index (χ2n) is 8.19. The van der Waals surface area contributed by atoms with Crippen molar-refractivity contribution in [1.29, 1.82) is 0 Å². The fraction of sp³-hybridized carbons (Fsp3) is 0.524. The summed E-state index contributed by atoms with van der Waals surface area (Å²) in [5.41, 5.74) is 3.03. The molecule has 0 N–H and O–H groups in total. The molecule has 0 aromatic carbocycles. The highest BCUT2D eigenvalue weighted by Gasteiger charge is 2.35. The Morgan fingerprint density at radius 3 is 2.79 bits per heavy atom. The van der Waals surface area contributed by atoms with E-state index in [4.69, 9.17) is 4.74 Å². The fourth-order valence-corrected chi connectivity index (χ4v) is 4.64. The van der Waals surface area contributed by atoms with Crippen LogP contribution in [0.4, 0.5) is 0 Å². The molecule has 8 heteroatoms. The fourth-order valence-electron chi connectivity index (χ4n) is 4.64. The number of rotatable bonds is 6. The Labute approximate surface area is 170 Å². The van der Waals surface area contributed by atoms with Crippen molar-refractivity contribution in [2.45, 2.75) is 32.0 Å². The lowest BCUT2D eigenvalue weighted by Gasteiger charge is -2.43. The SMILES string of the molecule is COC(=O)CN(C)Cc1ccc2n(c1=O)C[C@H]1C[C@@H]2CN(Cc2cncnc2)C1. The third kappa shape index (κ3) is 4.38. The Bertz CT molecular complexity index is 930. The van der Waals surface area contributed by atoms with E-state index in [2.05, 4.69) is 20.9 Å². The highest BCUT2D eigenvalue weighted by atomic mass is 16.5. The van der Waals surface area contributed by atoms with Crippen molar-refractivity contribution in [1.82, 2.24) is 24.3 Å². The summed E-state index contributed by atoms with van der Waals surface area (Å²) in [6.45, 7) is 4.11. The van der Waals surface area contributed by atoms with Crippen LogP contribution < -0.4 is 5.56 Å². The van der Waals surface area contributed by atoms with Crippen LogP contribution in [-0.4, -0.2) is 64.1 Å². The van der Waals surface area contributed by atoms with Crippen LogP contribution >= 0.6 is 0 Å². The maximum atomic E-state index is 13.1. The van der Waals surface area contributed by atoms with Gasteiger partial charge in [0.05, 0.1) is 13.7 Å².